The molecule has 0 nitrogen and oxygen atoms in total. The second-order valence-electron chi connectivity index (χ2n) is 0.990. The van der Waals surface area contributed by atoms with Crippen molar-refractivity contribution in [3.05, 3.63) is 0 Å². The monoisotopic (exact) mass is 260 g/mol. The van der Waals surface area contributed by atoms with Gasteiger partial charge in [0.2, 0.25) is 0 Å². The molecule has 0 aliphatic heterocycles. The van der Waals surface area contributed by atoms with Crippen LogP contribution < -0.4 is 110 Å². The summed E-state index contributed by atoms with van der Waals surface area (Å²) in [5.74, 6) is 0. The van der Waals surface area contributed by atoms with Gasteiger partial charge in [-0.2, -0.15) is 0 Å². The molecule has 0 fully saturated rings. The zero-order valence-electron chi connectivity index (χ0n) is 8.18. The zero-order valence-corrected chi connectivity index (χ0v) is 14.3. The maximum absolute atomic E-state index is 9.75. The fraction of sp³-hybridized carbons (Fsp3) is 0. The summed E-state index contributed by atoms with van der Waals surface area (Å²) >= 11 is 0. The molecule has 0 aromatic carbocycles. The predicted octanol–water partition coefficient (Wildman–Crippen LogP) is -6.28. The van der Waals surface area contributed by atoms with E-state index < -0.39 is 14.5 Å². The minimum Gasteiger partial charge on any atom is -1.00 e. The molecule has 13 heteroatoms. The first kappa shape index (κ1) is 29.8. The average molecular weight is 260 g/mol. The molecule has 0 spiro atoms. The molecule has 0 aliphatic rings. The van der Waals surface area contributed by atoms with Crippen LogP contribution in [0.15, 0.2) is 0 Å². The SMILES string of the molecule is F[B-](F)(F)F.F[B-](F)(F)F.[H-].[K+].[Na+].[Na+]. The average Bonchev–Trinajstić information content (AvgIpc) is 1.12. The molecule has 13 heavy (non-hydrogen) atoms. The van der Waals surface area contributed by atoms with Crippen molar-refractivity contribution >= 4 is 14.5 Å². The second-order valence-corrected chi connectivity index (χ2v) is 0.990. The van der Waals surface area contributed by atoms with Gasteiger partial charge >= 0.3 is 125 Å². The fourth-order valence-corrected chi connectivity index (χ4v) is 0. The Labute approximate surface area is 158 Å². The Morgan fingerprint density at radius 1 is 0.538 bits per heavy atom. The Morgan fingerprint density at radius 2 is 0.538 bits per heavy atom. The van der Waals surface area contributed by atoms with Crippen molar-refractivity contribution in [1.29, 1.82) is 0 Å². The summed E-state index contributed by atoms with van der Waals surface area (Å²) in [6, 6.07) is 0. The van der Waals surface area contributed by atoms with Gasteiger partial charge in [0.05, 0.1) is 0 Å². The Morgan fingerprint density at radius 3 is 0.538 bits per heavy atom. The standard InChI is InChI=1S/2BF4.K.2Na.H/c2*2-1(3,4)5;;;;/q2*-1;3*+1;-1. The van der Waals surface area contributed by atoms with E-state index in [4.69, 9.17) is 0 Å². The first-order chi connectivity index (χ1) is 4.00. The van der Waals surface area contributed by atoms with E-state index in [9.17, 15) is 34.5 Å². The van der Waals surface area contributed by atoms with E-state index in [0.29, 0.717) is 0 Å². The molecule has 0 atom stereocenters. The summed E-state index contributed by atoms with van der Waals surface area (Å²) in [5.41, 5.74) is 0. The van der Waals surface area contributed by atoms with Crippen LogP contribution >= 0.6 is 0 Å². The van der Waals surface area contributed by atoms with Crippen molar-refractivity contribution in [2.45, 2.75) is 0 Å². The molecule has 0 aromatic rings. The van der Waals surface area contributed by atoms with E-state index in [1.807, 2.05) is 0 Å². The number of halogens is 8. The smallest absolute Gasteiger partial charge is 1.00 e. The Balaban J connectivity index is -0.0000000178. The first-order valence-electron chi connectivity index (χ1n) is 1.75. The zero-order chi connectivity index (χ0) is 9.00. The molecule has 0 aromatic heterocycles. The first-order valence-corrected chi connectivity index (χ1v) is 1.75. The van der Waals surface area contributed by atoms with Gasteiger partial charge in [0, 0.05) is 0 Å². The topological polar surface area (TPSA) is 0 Å². The van der Waals surface area contributed by atoms with E-state index in [0.717, 1.165) is 0 Å². The van der Waals surface area contributed by atoms with Crippen LogP contribution in [0.5, 0.6) is 0 Å². The summed E-state index contributed by atoms with van der Waals surface area (Å²) < 4.78 is 78.0. The van der Waals surface area contributed by atoms with E-state index in [1.54, 1.807) is 0 Å². The van der Waals surface area contributed by atoms with Gasteiger partial charge in [-0.05, 0) is 0 Å². The van der Waals surface area contributed by atoms with Crippen LogP contribution in [-0.4, -0.2) is 14.5 Å². The molecular formula is HB2F8KNa2. The summed E-state index contributed by atoms with van der Waals surface area (Å²) in [4.78, 5) is 0. The molecule has 66 valence electrons. The van der Waals surface area contributed by atoms with E-state index >= 15 is 0 Å². The molecular weight excluding hydrogens is 259 g/mol. The van der Waals surface area contributed by atoms with E-state index in [1.165, 1.54) is 0 Å². The second kappa shape index (κ2) is 13.3. The van der Waals surface area contributed by atoms with Crippen molar-refractivity contribution in [1.82, 2.24) is 0 Å². The van der Waals surface area contributed by atoms with Crippen molar-refractivity contribution in [3.8, 4) is 0 Å². The van der Waals surface area contributed by atoms with Crippen molar-refractivity contribution < 1.29 is 146 Å². The third-order valence-corrected chi connectivity index (χ3v) is 0. The van der Waals surface area contributed by atoms with Crippen molar-refractivity contribution in [2.24, 2.45) is 0 Å². The van der Waals surface area contributed by atoms with E-state index in [-0.39, 0.29) is 112 Å². The van der Waals surface area contributed by atoms with Gasteiger partial charge in [0.1, 0.15) is 0 Å². The molecule has 0 saturated carbocycles. The molecule has 0 radical (unpaired) electrons. The van der Waals surface area contributed by atoms with Crippen LogP contribution in [0.4, 0.5) is 34.5 Å². The molecule has 0 amide bonds. The summed E-state index contributed by atoms with van der Waals surface area (Å²) in [7, 11) is -12.0. The van der Waals surface area contributed by atoms with Crippen LogP contribution in [0.3, 0.4) is 0 Å². The Hall–Kier alpha value is 3.21. The molecule has 0 unspecified atom stereocenters. The van der Waals surface area contributed by atoms with Crippen LogP contribution in [0, 0.1) is 0 Å². The molecule has 0 N–H and O–H groups in total. The quantitative estimate of drug-likeness (QED) is 0.300. The number of hydrogen-bond donors (Lipinski definition) is 0. The third kappa shape index (κ3) is 258. The minimum atomic E-state index is -6.00. The summed E-state index contributed by atoms with van der Waals surface area (Å²) in [6.07, 6.45) is 0. The Bertz CT molecular complexity index is 68.3. The van der Waals surface area contributed by atoms with Gasteiger partial charge in [-0.1, -0.05) is 0 Å². The maximum atomic E-state index is 9.75. The fourth-order valence-electron chi connectivity index (χ4n) is 0. The Kier molecular flexibility index (Phi) is 30.5. The van der Waals surface area contributed by atoms with Gasteiger partial charge in [0.25, 0.3) is 0 Å². The molecule has 0 saturated heterocycles. The summed E-state index contributed by atoms with van der Waals surface area (Å²) in [5, 5.41) is 0. The third-order valence-electron chi connectivity index (χ3n) is 0. The van der Waals surface area contributed by atoms with E-state index in [2.05, 4.69) is 0 Å². The largest absolute Gasteiger partial charge is 1.00 e. The van der Waals surface area contributed by atoms with Gasteiger partial charge < -0.3 is 36.0 Å². The van der Waals surface area contributed by atoms with Crippen molar-refractivity contribution in [2.75, 3.05) is 0 Å². The predicted molar refractivity (Wildman–Crippen MR) is 21.5 cm³/mol. The molecule has 0 bridgehead atoms. The van der Waals surface area contributed by atoms with Crippen molar-refractivity contribution in [3.63, 3.8) is 0 Å². The van der Waals surface area contributed by atoms with Gasteiger partial charge in [-0.15, -0.1) is 0 Å². The van der Waals surface area contributed by atoms with Crippen LogP contribution in [0.25, 0.3) is 0 Å². The normalized spacial score (nSPS) is 9.23. The molecule has 0 rings (SSSR count). The number of hydrogen-bond acceptors (Lipinski definition) is 0. The van der Waals surface area contributed by atoms with Gasteiger partial charge in [0.15, 0.2) is 0 Å². The minimum absolute atomic E-state index is 0. The molecule has 0 heterocycles. The van der Waals surface area contributed by atoms with Gasteiger partial charge in [-0.3, -0.25) is 0 Å². The summed E-state index contributed by atoms with van der Waals surface area (Å²) in [6.45, 7) is 0. The van der Waals surface area contributed by atoms with Crippen LogP contribution in [0.2, 0.25) is 0 Å². The molecule has 0 aliphatic carbocycles. The van der Waals surface area contributed by atoms with Gasteiger partial charge in [-0.25, -0.2) is 0 Å². The van der Waals surface area contributed by atoms with Crippen LogP contribution in [0.1, 0.15) is 1.43 Å². The maximum Gasteiger partial charge on any atom is 1.00 e. The van der Waals surface area contributed by atoms with Crippen LogP contribution in [-0.2, 0) is 0 Å². The number of rotatable bonds is 0.